The summed E-state index contributed by atoms with van der Waals surface area (Å²) in [4.78, 5) is 3.44. The van der Waals surface area contributed by atoms with Gasteiger partial charge in [0.1, 0.15) is 11.4 Å². The molecule has 0 fully saturated rings. The minimum absolute atomic E-state index is 0.0212. The van der Waals surface area contributed by atoms with Gasteiger partial charge in [0.15, 0.2) is 0 Å². The van der Waals surface area contributed by atoms with E-state index >= 15 is 0 Å². The van der Waals surface area contributed by atoms with Gasteiger partial charge in [-0.15, -0.1) is 0 Å². The molecule has 0 saturated heterocycles. The van der Waals surface area contributed by atoms with E-state index in [2.05, 4.69) is 4.98 Å². The van der Waals surface area contributed by atoms with Gasteiger partial charge in [0, 0.05) is 16.5 Å². The van der Waals surface area contributed by atoms with Crippen molar-refractivity contribution in [3.8, 4) is 5.75 Å². The van der Waals surface area contributed by atoms with Crippen molar-refractivity contribution in [2.24, 2.45) is 0 Å². The number of halogens is 4. The third-order valence-electron chi connectivity index (χ3n) is 2.36. The maximum absolute atomic E-state index is 12.5. The second kappa shape index (κ2) is 3.77. The number of aromatic nitrogens is 1. The van der Waals surface area contributed by atoms with Crippen LogP contribution in [-0.2, 0) is 6.18 Å². The predicted octanol–water partition coefficient (Wildman–Crippen LogP) is 3.92. The minimum atomic E-state index is -4.59. The fourth-order valence-corrected chi connectivity index (χ4v) is 1.64. The van der Waals surface area contributed by atoms with Gasteiger partial charge in [0.2, 0.25) is 0 Å². The molecule has 0 aliphatic heterocycles. The zero-order valence-electron chi connectivity index (χ0n) is 8.64. The first-order chi connectivity index (χ1) is 7.79. The second-order valence-electron chi connectivity index (χ2n) is 3.64. The Bertz CT molecular complexity index is 595. The lowest BCUT2D eigenvalue weighted by Crippen LogP contribution is -2.07. The molecular weight excluding hydrogens is 255 g/mol. The summed E-state index contributed by atoms with van der Waals surface area (Å²) in [5.41, 5.74) is -0.452. The monoisotopic (exact) mass is 261 g/mol. The molecule has 1 aromatic heterocycles. The highest BCUT2D eigenvalue weighted by molar-refractivity contribution is 6.32. The van der Waals surface area contributed by atoms with Crippen molar-refractivity contribution in [2.75, 3.05) is 0 Å². The van der Waals surface area contributed by atoms with Crippen molar-refractivity contribution >= 4 is 22.5 Å². The van der Waals surface area contributed by atoms with E-state index < -0.39 is 17.6 Å². The summed E-state index contributed by atoms with van der Waals surface area (Å²) in [6.45, 7) is 1.69. The van der Waals surface area contributed by atoms with Crippen LogP contribution in [0.4, 0.5) is 13.2 Å². The van der Waals surface area contributed by atoms with E-state index in [9.17, 15) is 18.3 Å². The molecule has 0 amide bonds. The molecule has 0 spiro atoms. The van der Waals surface area contributed by atoms with Gasteiger partial charge in [-0.1, -0.05) is 11.6 Å². The van der Waals surface area contributed by atoms with Crippen molar-refractivity contribution in [3.05, 3.63) is 34.5 Å². The molecule has 2 aromatic rings. The quantitative estimate of drug-likeness (QED) is 0.780. The zero-order valence-corrected chi connectivity index (χ0v) is 9.39. The molecular formula is C11H7ClF3NO. The molecule has 0 radical (unpaired) electrons. The zero-order chi connectivity index (χ0) is 12.8. The summed E-state index contributed by atoms with van der Waals surface area (Å²) in [6, 6.07) is 3.41. The Morgan fingerprint density at radius 2 is 1.88 bits per heavy atom. The normalized spacial score (nSPS) is 12.1. The van der Waals surface area contributed by atoms with Gasteiger partial charge in [-0.25, -0.2) is 4.98 Å². The van der Waals surface area contributed by atoms with E-state index in [-0.39, 0.29) is 10.9 Å². The third-order valence-corrected chi connectivity index (χ3v) is 2.76. The first-order valence-electron chi connectivity index (χ1n) is 4.66. The Morgan fingerprint density at radius 1 is 1.24 bits per heavy atom. The molecule has 6 heteroatoms. The van der Waals surface area contributed by atoms with Crippen LogP contribution < -0.4 is 0 Å². The highest BCUT2D eigenvalue weighted by Crippen LogP contribution is 2.35. The SMILES string of the molecule is Cc1cc2c(O)cc(C(F)(F)F)nc2cc1Cl. The van der Waals surface area contributed by atoms with Crippen molar-refractivity contribution in [2.45, 2.75) is 13.1 Å². The summed E-state index contributed by atoms with van der Waals surface area (Å²) in [5.74, 6) is -0.456. The van der Waals surface area contributed by atoms with Gasteiger partial charge in [0.25, 0.3) is 0 Å². The van der Waals surface area contributed by atoms with Crippen LogP contribution in [0.2, 0.25) is 5.02 Å². The molecule has 2 nitrogen and oxygen atoms in total. The number of hydrogen-bond donors (Lipinski definition) is 1. The predicted molar refractivity (Wildman–Crippen MR) is 58.2 cm³/mol. The Balaban J connectivity index is 2.78. The topological polar surface area (TPSA) is 33.1 Å². The van der Waals surface area contributed by atoms with Gasteiger partial charge in [0.05, 0.1) is 5.52 Å². The van der Waals surface area contributed by atoms with Crippen molar-refractivity contribution in [1.82, 2.24) is 4.98 Å². The molecule has 0 unspecified atom stereocenters. The first kappa shape index (κ1) is 12.0. The second-order valence-corrected chi connectivity index (χ2v) is 4.05. The van der Waals surface area contributed by atoms with Crippen LogP contribution in [0.15, 0.2) is 18.2 Å². The summed E-state index contributed by atoms with van der Waals surface area (Å²) in [5, 5.41) is 10.1. The molecule has 0 saturated carbocycles. The largest absolute Gasteiger partial charge is 0.507 e. The number of nitrogens with zero attached hydrogens (tertiary/aromatic N) is 1. The van der Waals surface area contributed by atoms with E-state index in [1.165, 1.54) is 12.1 Å². The standard InChI is InChI=1S/C11H7ClF3NO/c1-5-2-6-8(3-7(5)12)16-10(4-9(6)17)11(13,14)15/h2-4H,1H3,(H,16,17). The van der Waals surface area contributed by atoms with Crippen LogP contribution in [0.5, 0.6) is 5.75 Å². The van der Waals surface area contributed by atoms with Crippen LogP contribution in [0.25, 0.3) is 10.9 Å². The van der Waals surface area contributed by atoms with Gasteiger partial charge in [-0.3, -0.25) is 0 Å². The average molecular weight is 262 g/mol. The number of aryl methyl sites for hydroxylation is 1. The molecule has 0 atom stereocenters. The minimum Gasteiger partial charge on any atom is -0.507 e. The van der Waals surface area contributed by atoms with E-state index in [1.54, 1.807) is 6.92 Å². The van der Waals surface area contributed by atoms with Crippen LogP contribution in [-0.4, -0.2) is 10.1 Å². The lowest BCUT2D eigenvalue weighted by Gasteiger charge is -2.09. The fraction of sp³-hybridized carbons (Fsp3) is 0.182. The smallest absolute Gasteiger partial charge is 0.433 e. The molecule has 1 N–H and O–H groups in total. The number of aromatic hydroxyl groups is 1. The van der Waals surface area contributed by atoms with Crippen LogP contribution in [0.3, 0.4) is 0 Å². The van der Waals surface area contributed by atoms with Crippen molar-refractivity contribution < 1.29 is 18.3 Å². The summed E-state index contributed by atoms with van der Waals surface area (Å²) >= 11 is 5.80. The molecule has 0 bridgehead atoms. The average Bonchev–Trinajstić information content (AvgIpc) is 2.19. The van der Waals surface area contributed by atoms with Crippen LogP contribution in [0.1, 0.15) is 11.3 Å². The molecule has 1 heterocycles. The Kier molecular flexibility index (Phi) is 2.66. The maximum Gasteiger partial charge on any atom is 0.433 e. The van der Waals surface area contributed by atoms with E-state index in [0.717, 1.165) is 0 Å². The highest BCUT2D eigenvalue weighted by Gasteiger charge is 2.33. The third kappa shape index (κ3) is 2.15. The summed E-state index contributed by atoms with van der Waals surface area (Å²) in [6.07, 6.45) is -4.59. The van der Waals surface area contributed by atoms with Crippen LogP contribution in [0, 0.1) is 6.92 Å². The number of hydrogen-bond acceptors (Lipinski definition) is 2. The first-order valence-corrected chi connectivity index (χ1v) is 5.04. The van der Waals surface area contributed by atoms with Crippen LogP contribution >= 0.6 is 11.6 Å². The van der Waals surface area contributed by atoms with Crippen molar-refractivity contribution in [3.63, 3.8) is 0 Å². The lowest BCUT2D eigenvalue weighted by atomic mass is 10.1. The molecule has 0 aliphatic carbocycles. The highest BCUT2D eigenvalue weighted by atomic mass is 35.5. The maximum atomic E-state index is 12.5. The Morgan fingerprint density at radius 3 is 2.47 bits per heavy atom. The molecule has 0 aliphatic rings. The molecule has 90 valence electrons. The molecule has 1 aromatic carbocycles. The van der Waals surface area contributed by atoms with Gasteiger partial charge >= 0.3 is 6.18 Å². The van der Waals surface area contributed by atoms with E-state index in [4.69, 9.17) is 11.6 Å². The number of alkyl halides is 3. The van der Waals surface area contributed by atoms with Crippen molar-refractivity contribution in [1.29, 1.82) is 0 Å². The van der Waals surface area contributed by atoms with Gasteiger partial charge in [-0.2, -0.15) is 13.2 Å². The van der Waals surface area contributed by atoms with E-state index in [0.29, 0.717) is 16.7 Å². The number of rotatable bonds is 0. The molecule has 2 rings (SSSR count). The number of pyridine rings is 1. The van der Waals surface area contributed by atoms with Gasteiger partial charge < -0.3 is 5.11 Å². The summed E-state index contributed by atoms with van der Waals surface area (Å²) < 4.78 is 37.4. The van der Waals surface area contributed by atoms with Gasteiger partial charge in [-0.05, 0) is 24.6 Å². The molecule has 17 heavy (non-hydrogen) atoms. The van der Waals surface area contributed by atoms with E-state index in [1.807, 2.05) is 0 Å². The Labute approximate surface area is 99.7 Å². The lowest BCUT2D eigenvalue weighted by molar-refractivity contribution is -0.141. The Hall–Kier alpha value is -1.49. The fourth-order valence-electron chi connectivity index (χ4n) is 1.48. The number of benzene rings is 1. The number of fused-ring (bicyclic) bond motifs is 1. The summed E-state index contributed by atoms with van der Waals surface area (Å²) in [7, 11) is 0.